The molecule has 118 valence electrons. The molecule has 0 aliphatic carbocycles. The first kappa shape index (κ1) is 15.0. The quantitative estimate of drug-likeness (QED) is 0.916. The van der Waals surface area contributed by atoms with Crippen molar-refractivity contribution in [3.8, 4) is 11.8 Å². The van der Waals surface area contributed by atoms with Gasteiger partial charge in [0.25, 0.3) is 6.02 Å². The average Bonchev–Trinajstić information content (AvgIpc) is 3.02. The summed E-state index contributed by atoms with van der Waals surface area (Å²) in [5.74, 6) is -3.22. The number of aromatic nitrogens is 2. The fourth-order valence-electron chi connectivity index (χ4n) is 2.35. The minimum Gasteiger partial charge on any atom is -0.459 e. The van der Waals surface area contributed by atoms with Crippen LogP contribution in [0.2, 0.25) is 0 Å². The van der Waals surface area contributed by atoms with Gasteiger partial charge in [-0.1, -0.05) is 6.07 Å². The first-order chi connectivity index (χ1) is 10.9. The summed E-state index contributed by atoms with van der Waals surface area (Å²) in [5.41, 5.74) is 4.84. The molecule has 1 aromatic heterocycles. The molecule has 6 nitrogen and oxygen atoms in total. The van der Waals surface area contributed by atoms with Gasteiger partial charge in [0.05, 0.1) is 23.5 Å². The van der Waals surface area contributed by atoms with Crippen molar-refractivity contribution in [2.45, 2.75) is 18.4 Å². The van der Waals surface area contributed by atoms with Gasteiger partial charge in [0.15, 0.2) is 12.1 Å². The number of nitrogens with zero attached hydrogens (tertiary/aromatic N) is 4. The highest BCUT2D eigenvalue weighted by Gasteiger charge is 2.55. The van der Waals surface area contributed by atoms with Crippen molar-refractivity contribution in [2.24, 2.45) is 10.7 Å². The van der Waals surface area contributed by atoms with Crippen LogP contribution in [-0.2, 0) is 10.3 Å². The maximum Gasteiger partial charge on any atom is 0.310 e. The summed E-state index contributed by atoms with van der Waals surface area (Å²) in [7, 11) is 0. The Morgan fingerprint density at radius 3 is 2.96 bits per heavy atom. The second-order valence-electron chi connectivity index (χ2n) is 5.35. The number of benzene rings is 1. The third-order valence-electron chi connectivity index (χ3n) is 3.83. The van der Waals surface area contributed by atoms with Crippen molar-refractivity contribution in [2.75, 3.05) is 6.61 Å². The standard InChI is InChI=1S/C15H13F2N5O/c1-14(15(16,17)9-23-13(19)21-14)11-7-20-22(8-11)12-4-2-3-10(5-12)6-18/h2-5,7-8H,9H2,1H3,(H2,19,21). The van der Waals surface area contributed by atoms with Gasteiger partial charge in [-0.3, -0.25) is 0 Å². The fraction of sp³-hybridized carbons (Fsp3) is 0.267. The Morgan fingerprint density at radius 1 is 1.43 bits per heavy atom. The Hall–Kier alpha value is -2.95. The van der Waals surface area contributed by atoms with Crippen molar-refractivity contribution in [3.05, 3.63) is 47.8 Å². The van der Waals surface area contributed by atoms with Gasteiger partial charge >= 0.3 is 5.92 Å². The molecule has 23 heavy (non-hydrogen) atoms. The van der Waals surface area contributed by atoms with E-state index < -0.39 is 18.1 Å². The largest absolute Gasteiger partial charge is 0.459 e. The van der Waals surface area contributed by atoms with Crippen LogP contribution in [0.3, 0.4) is 0 Å². The van der Waals surface area contributed by atoms with Gasteiger partial charge in [-0.05, 0) is 25.1 Å². The topological polar surface area (TPSA) is 89.2 Å². The van der Waals surface area contributed by atoms with E-state index in [-0.39, 0.29) is 11.6 Å². The summed E-state index contributed by atoms with van der Waals surface area (Å²) >= 11 is 0. The molecule has 0 amide bonds. The summed E-state index contributed by atoms with van der Waals surface area (Å²) in [5, 5.41) is 13.0. The predicted molar refractivity (Wildman–Crippen MR) is 78.2 cm³/mol. The predicted octanol–water partition coefficient (Wildman–Crippen LogP) is 1.94. The molecule has 8 heteroatoms. The van der Waals surface area contributed by atoms with E-state index >= 15 is 0 Å². The van der Waals surface area contributed by atoms with Gasteiger partial charge in [0, 0.05) is 11.8 Å². The summed E-state index contributed by atoms with van der Waals surface area (Å²) in [4.78, 5) is 3.79. The number of halogens is 2. The Morgan fingerprint density at radius 2 is 2.22 bits per heavy atom. The Balaban J connectivity index is 2.04. The lowest BCUT2D eigenvalue weighted by Crippen LogP contribution is -2.50. The monoisotopic (exact) mass is 317 g/mol. The molecule has 2 aromatic rings. The minimum absolute atomic E-state index is 0.205. The number of amidine groups is 1. The summed E-state index contributed by atoms with van der Waals surface area (Å²) in [6.07, 6.45) is 2.77. The molecule has 2 N–H and O–H groups in total. The zero-order valence-corrected chi connectivity index (χ0v) is 12.2. The molecule has 1 aliphatic rings. The van der Waals surface area contributed by atoms with Crippen LogP contribution in [0.1, 0.15) is 18.1 Å². The third kappa shape index (κ3) is 2.40. The second kappa shape index (κ2) is 5.05. The molecular formula is C15H13F2N5O. The molecule has 2 heterocycles. The van der Waals surface area contributed by atoms with E-state index in [9.17, 15) is 8.78 Å². The maximum absolute atomic E-state index is 14.3. The first-order valence-corrected chi connectivity index (χ1v) is 6.77. The summed E-state index contributed by atoms with van der Waals surface area (Å²) < 4.78 is 34.6. The molecule has 0 bridgehead atoms. The molecule has 0 spiro atoms. The fourth-order valence-corrected chi connectivity index (χ4v) is 2.35. The highest BCUT2D eigenvalue weighted by Crippen LogP contribution is 2.43. The first-order valence-electron chi connectivity index (χ1n) is 6.77. The van der Waals surface area contributed by atoms with Crippen molar-refractivity contribution >= 4 is 6.02 Å². The van der Waals surface area contributed by atoms with Crippen molar-refractivity contribution in [3.63, 3.8) is 0 Å². The Kier molecular flexibility index (Phi) is 3.29. The van der Waals surface area contributed by atoms with Gasteiger partial charge in [-0.25, -0.2) is 9.67 Å². The summed E-state index contributed by atoms with van der Waals surface area (Å²) in [6.45, 7) is 0.448. The van der Waals surface area contributed by atoms with Crippen LogP contribution < -0.4 is 5.73 Å². The lowest BCUT2D eigenvalue weighted by Gasteiger charge is -2.36. The van der Waals surface area contributed by atoms with Gasteiger partial charge in [0.1, 0.15) is 0 Å². The number of hydrogen-bond acceptors (Lipinski definition) is 5. The second-order valence-corrected chi connectivity index (χ2v) is 5.35. The highest BCUT2D eigenvalue weighted by molar-refractivity contribution is 5.73. The molecule has 0 fully saturated rings. The van der Waals surface area contributed by atoms with E-state index in [2.05, 4.69) is 14.8 Å². The smallest absolute Gasteiger partial charge is 0.310 e. The van der Waals surface area contributed by atoms with E-state index in [1.165, 1.54) is 24.0 Å². The molecule has 1 aliphatic heterocycles. The number of alkyl halides is 2. The Bertz CT molecular complexity index is 823. The molecule has 0 radical (unpaired) electrons. The molecule has 0 saturated carbocycles. The average molecular weight is 317 g/mol. The number of rotatable bonds is 2. The number of nitriles is 1. The molecule has 1 aromatic carbocycles. The molecular weight excluding hydrogens is 304 g/mol. The number of aliphatic imine (C=N–C) groups is 1. The maximum atomic E-state index is 14.3. The van der Waals surface area contributed by atoms with Crippen LogP contribution in [-0.4, -0.2) is 28.3 Å². The number of ether oxygens (including phenoxy) is 1. The van der Waals surface area contributed by atoms with Crippen molar-refractivity contribution < 1.29 is 13.5 Å². The van der Waals surface area contributed by atoms with Crippen LogP contribution in [0.4, 0.5) is 8.78 Å². The van der Waals surface area contributed by atoms with E-state index in [1.54, 1.807) is 24.3 Å². The van der Waals surface area contributed by atoms with Crippen molar-refractivity contribution in [1.29, 1.82) is 5.26 Å². The zero-order valence-electron chi connectivity index (χ0n) is 12.2. The van der Waals surface area contributed by atoms with E-state index in [0.717, 1.165) is 0 Å². The van der Waals surface area contributed by atoms with Gasteiger partial charge in [-0.2, -0.15) is 19.1 Å². The molecule has 1 unspecified atom stereocenters. The van der Waals surface area contributed by atoms with Crippen LogP contribution in [0, 0.1) is 11.3 Å². The number of hydrogen-bond donors (Lipinski definition) is 1. The highest BCUT2D eigenvalue weighted by atomic mass is 19.3. The molecule has 0 saturated heterocycles. The van der Waals surface area contributed by atoms with E-state index in [0.29, 0.717) is 11.3 Å². The lowest BCUT2D eigenvalue weighted by atomic mass is 9.88. The number of nitrogens with two attached hydrogens (primary N) is 1. The molecule has 1 atom stereocenters. The van der Waals surface area contributed by atoms with Crippen LogP contribution in [0.25, 0.3) is 5.69 Å². The Labute approximate surface area is 130 Å². The van der Waals surface area contributed by atoms with E-state index in [1.807, 2.05) is 6.07 Å². The lowest BCUT2D eigenvalue weighted by molar-refractivity contribution is -0.116. The van der Waals surface area contributed by atoms with Crippen molar-refractivity contribution in [1.82, 2.24) is 9.78 Å². The molecule has 3 rings (SSSR count). The van der Waals surface area contributed by atoms with Gasteiger partial charge in [-0.15, -0.1) is 0 Å². The van der Waals surface area contributed by atoms with Crippen LogP contribution >= 0.6 is 0 Å². The minimum atomic E-state index is -3.22. The summed E-state index contributed by atoms with van der Waals surface area (Å²) in [6, 6.07) is 8.41. The normalized spacial score (nSPS) is 22.8. The zero-order chi connectivity index (χ0) is 16.7. The van der Waals surface area contributed by atoms with Crippen LogP contribution in [0.15, 0.2) is 41.7 Å². The SMILES string of the molecule is CC1(c2cnn(-c3cccc(C#N)c3)c2)N=C(N)OCC1(F)F. The van der Waals surface area contributed by atoms with E-state index in [4.69, 9.17) is 11.0 Å². The van der Waals surface area contributed by atoms with Gasteiger partial charge < -0.3 is 10.5 Å². The van der Waals surface area contributed by atoms with Gasteiger partial charge in [0.2, 0.25) is 0 Å². The third-order valence-corrected chi connectivity index (χ3v) is 3.83. The van der Waals surface area contributed by atoms with Crippen LogP contribution in [0.5, 0.6) is 0 Å².